The van der Waals surface area contributed by atoms with Crippen LogP contribution in [0.1, 0.15) is 38.5 Å². The number of imide groups is 1. The van der Waals surface area contributed by atoms with Gasteiger partial charge in [0.15, 0.2) is 0 Å². The highest BCUT2D eigenvalue weighted by molar-refractivity contribution is 6.01. The molecule has 1 fully saturated rings. The number of carbonyl (C=O) groups excluding carboxylic acids is 2. The molecule has 1 aliphatic rings. The number of anilines is 2. The van der Waals surface area contributed by atoms with Gasteiger partial charge >= 0.3 is 0 Å². The summed E-state index contributed by atoms with van der Waals surface area (Å²) in [6.07, 6.45) is 4.47. The van der Waals surface area contributed by atoms with Crippen molar-refractivity contribution in [1.82, 2.24) is 4.90 Å². The minimum Gasteiger partial charge on any atom is -0.493 e. The minimum atomic E-state index is -0.0346. The molecule has 0 bridgehead atoms. The summed E-state index contributed by atoms with van der Waals surface area (Å²) in [6.45, 7) is 1.15. The maximum absolute atomic E-state index is 11.4. The second kappa shape index (κ2) is 7.68. The van der Waals surface area contributed by atoms with Crippen LogP contribution in [-0.2, 0) is 9.59 Å². The highest BCUT2D eigenvalue weighted by atomic mass is 16.5. The molecule has 1 aromatic rings. The Balaban J connectivity index is 1.56. The molecule has 2 amide bonds. The van der Waals surface area contributed by atoms with Gasteiger partial charge in [0.05, 0.1) is 6.61 Å². The number of nitrogens with two attached hydrogens (primary N) is 2. The molecule has 4 N–H and O–H groups in total. The van der Waals surface area contributed by atoms with Crippen molar-refractivity contribution in [2.45, 2.75) is 38.5 Å². The van der Waals surface area contributed by atoms with Gasteiger partial charge in [0, 0.05) is 42.9 Å². The lowest BCUT2D eigenvalue weighted by atomic mass is 10.2. The van der Waals surface area contributed by atoms with Crippen LogP contribution in [0.25, 0.3) is 0 Å². The van der Waals surface area contributed by atoms with Gasteiger partial charge in [-0.25, -0.2) is 0 Å². The Morgan fingerprint density at radius 1 is 0.909 bits per heavy atom. The summed E-state index contributed by atoms with van der Waals surface area (Å²) < 4.78 is 5.60. The molecular formula is C16H23N3O3. The predicted molar refractivity (Wildman–Crippen MR) is 85.2 cm³/mol. The number of benzene rings is 1. The lowest BCUT2D eigenvalue weighted by Crippen LogP contribution is -2.29. The first kappa shape index (κ1) is 16.1. The van der Waals surface area contributed by atoms with Crippen molar-refractivity contribution in [2.24, 2.45) is 0 Å². The van der Waals surface area contributed by atoms with Crippen LogP contribution in [0, 0.1) is 0 Å². The summed E-state index contributed by atoms with van der Waals surface area (Å²) in [6, 6.07) is 5.19. The standard InChI is InChI=1S/C16H23N3O3/c17-12-9-13(18)11-14(10-12)22-8-4-2-1-3-7-19-15(20)5-6-16(19)21/h9-11H,1-8,17-18H2. The lowest BCUT2D eigenvalue weighted by molar-refractivity contribution is -0.138. The second-order valence-electron chi connectivity index (χ2n) is 5.54. The molecule has 22 heavy (non-hydrogen) atoms. The Morgan fingerprint density at radius 3 is 2.14 bits per heavy atom. The average molecular weight is 305 g/mol. The molecule has 0 unspecified atom stereocenters. The molecule has 0 saturated carbocycles. The summed E-state index contributed by atoms with van der Waals surface area (Å²) in [5.74, 6) is 0.617. The number of carbonyl (C=O) groups is 2. The number of amides is 2. The smallest absolute Gasteiger partial charge is 0.229 e. The van der Waals surface area contributed by atoms with Gasteiger partial charge in [-0.3, -0.25) is 14.5 Å². The molecular weight excluding hydrogens is 282 g/mol. The van der Waals surface area contributed by atoms with Crippen LogP contribution in [0.4, 0.5) is 11.4 Å². The maximum Gasteiger partial charge on any atom is 0.229 e. The molecule has 0 radical (unpaired) electrons. The van der Waals surface area contributed by atoms with Gasteiger partial charge < -0.3 is 16.2 Å². The Bertz CT molecular complexity index is 509. The molecule has 0 aromatic heterocycles. The molecule has 6 nitrogen and oxygen atoms in total. The van der Waals surface area contributed by atoms with Crippen molar-refractivity contribution in [1.29, 1.82) is 0 Å². The molecule has 1 aliphatic heterocycles. The van der Waals surface area contributed by atoms with Crippen LogP contribution in [0.5, 0.6) is 5.75 Å². The van der Waals surface area contributed by atoms with E-state index in [-0.39, 0.29) is 11.8 Å². The van der Waals surface area contributed by atoms with Gasteiger partial charge in [0.25, 0.3) is 0 Å². The third-order valence-corrected chi connectivity index (χ3v) is 3.65. The number of hydrogen-bond donors (Lipinski definition) is 2. The third kappa shape index (κ3) is 4.65. The molecule has 6 heteroatoms. The van der Waals surface area contributed by atoms with Crippen LogP contribution in [0.2, 0.25) is 0 Å². The number of rotatable bonds is 8. The van der Waals surface area contributed by atoms with E-state index in [4.69, 9.17) is 16.2 Å². The van der Waals surface area contributed by atoms with Crippen LogP contribution in [0.3, 0.4) is 0 Å². The van der Waals surface area contributed by atoms with Crippen LogP contribution in [-0.4, -0.2) is 29.9 Å². The molecule has 2 rings (SSSR count). The molecule has 1 heterocycles. The third-order valence-electron chi connectivity index (χ3n) is 3.65. The van der Waals surface area contributed by atoms with Crippen molar-refractivity contribution in [3.05, 3.63) is 18.2 Å². The average Bonchev–Trinajstić information content (AvgIpc) is 2.76. The van der Waals surface area contributed by atoms with Crippen LogP contribution in [0.15, 0.2) is 18.2 Å². The summed E-state index contributed by atoms with van der Waals surface area (Å²) >= 11 is 0. The van der Waals surface area contributed by atoms with Crippen molar-refractivity contribution in [2.75, 3.05) is 24.6 Å². The van der Waals surface area contributed by atoms with E-state index in [2.05, 4.69) is 0 Å². The van der Waals surface area contributed by atoms with Crippen molar-refractivity contribution >= 4 is 23.2 Å². The molecule has 1 aromatic carbocycles. The lowest BCUT2D eigenvalue weighted by Gasteiger charge is -2.13. The summed E-state index contributed by atoms with van der Waals surface area (Å²) in [7, 11) is 0. The highest BCUT2D eigenvalue weighted by Crippen LogP contribution is 2.20. The van der Waals surface area contributed by atoms with E-state index >= 15 is 0 Å². The Labute approximate surface area is 130 Å². The zero-order valence-electron chi connectivity index (χ0n) is 12.7. The second-order valence-corrected chi connectivity index (χ2v) is 5.54. The largest absolute Gasteiger partial charge is 0.493 e. The fourth-order valence-electron chi connectivity index (χ4n) is 2.52. The molecule has 1 saturated heterocycles. The molecule has 0 aliphatic carbocycles. The maximum atomic E-state index is 11.4. The molecule has 120 valence electrons. The normalized spacial score (nSPS) is 14.6. The van der Waals surface area contributed by atoms with Crippen LogP contribution >= 0.6 is 0 Å². The van der Waals surface area contributed by atoms with Gasteiger partial charge in [0.2, 0.25) is 11.8 Å². The van der Waals surface area contributed by atoms with Crippen molar-refractivity contribution in [3.63, 3.8) is 0 Å². The summed E-state index contributed by atoms with van der Waals surface area (Å²) in [4.78, 5) is 24.2. The predicted octanol–water partition coefficient (Wildman–Crippen LogP) is 1.94. The Kier molecular flexibility index (Phi) is 5.63. The fraction of sp³-hybridized carbons (Fsp3) is 0.500. The summed E-state index contributed by atoms with van der Waals surface area (Å²) in [5, 5.41) is 0. The van der Waals surface area contributed by atoms with Gasteiger partial charge in [0.1, 0.15) is 5.75 Å². The van der Waals surface area contributed by atoms with E-state index in [9.17, 15) is 9.59 Å². The molecule has 0 spiro atoms. The number of nitrogen functional groups attached to an aromatic ring is 2. The van der Waals surface area contributed by atoms with E-state index in [1.54, 1.807) is 18.2 Å². The summed E-state index contributed by atoms with van der Waals surface area (Å²) in [5.41, 5.74) is 12.6. The van der Waals surface area contributed by atoms with Crippen LogP contribution < -0.4 is 16.2 Å². The Hall–Kier alpha value is -2.24. The quantitative estimate of drug-likeness (QED) is 0.434. The van der Waals surface area contributed by atoms with E-state index in [1.165, 1.54) is 4.90 Å². The first-order valence-electron chi connectivity index (χ1n) is 7.68. The minimum absolute atomic E-state index is 0.0346. The number of unbranched alkanes of at least 4 members (excludes halogenated alkanes) is 3. The zero-order chi connectivity index (χ0) is 15.9. The van der Waals surface area contributed by atoms with E-state index in [1.807, 2.05) is 0 Å². The fourth-order valence-corrected chi connectivity index (χ4v) is 2.52. The van der Waals surface area contributed by atoms with E-state index in [0.29, 0.717) is 43.1 Å². The monoisotopic (exact) mass is 305 g/mol. The number of hydrogen-bond acceptors (Lipinski definition) is 5. The van der Waals surface area contributed by atoms with Crippen molar-refractivity contribution in [3.8, 4) is 5.75 Å². The number of likely N-dealkylation sites (tertiary alicyclic amines) is 1. The van der Waals surface area contributed by atoms with Gasteiger partial charge in [-0.1, -0.05) is 12.8 Å². The van der Waals surface area contributed by atoms with Gasteiger partial charge in [-0.05, 0) is 18.9 Å². The molecule has 0 atom stereocenters. The van der Waals surface area contributed by atoms with E-state index in [0.717, 1.165) is 25.7 Å². The SMILES string of the molecule is Nc1cc(N)cc(OCCCCCCN2C(=O)CCC2=O)c1. The highest BCUT2D eigenvalue weighted by Gasteiger charge is 2.27. The number of ether oxygens (including phenoxy) is 1. The van der Waals surface area contributed by atoms with Gasteiger partial charge in [-0.15, -0.1) is 0 Å². The zero-order valence-corrected chi connectivity index (χ0v) is 12.7. The van der Waals surface area contributed by atoms with Crippen molar-refractivity contribution < 1.29 is 14.3 Å². The first-order chi connectivity index (χ1) is 10.6. The van der Waals surface area contributed by atoms with E-state index < -0.39 is 0 Å². The Morgan fingerprint density at radius 2 is 1.50 bits per heavy atom. The topological polar surface area (TPSA) is 98.6 Å². The first-order valence-corrected chi connectivity index (χ1v) is 7.68. The number of nitrogens with zero attached hydrogens (tertiary/aromatic N) is 1. The van der Waals surface area contributed by atoms with Gasteiger partial charge in [-0.2, -0.15) is 0 Å².